The topological polar surface area (TPSA) is 106 Å². The van der Waals surface area contributed by atoms with Crippen LogP contribution in [-0.4, -0.2) is 20.2 Å². The van der Waals surface area contributed by atoms with Crippen LogP contribution in [0, 0.1) is 6.92 Å². The first-order valence-electron chi connectivity index (χ1n) is 3.42. The second-order valence-corrected chi connectivity index (χ2v) is 2.49. The summed E-state index contributed by atoms with van der Waals surface area (Å²) in [4.78, 5) is 8.04. The number of aromatic amines is 1. The number of aromatic nitrogens is 4. The molecule has 0 unspecified atom stereocenters. The third-order valence-corrected chi connectivity index (χ3v) is 1.58. The summed E-state index contributed by atoms with van der Waals surface area (Å²) in [7, 11) is 0. The number of nitrogens with one attached hydrogen (secondary N) is 1. The summed E-state index contributed by atoms with van der Waals surface area (Å²) >= 11 is 0. The zero-order valence-corrected chi connectivity index (χ0v) is 6.50. The SMILES string of the molecule is Cc1nc(N)c2[nH]nc(N)c2n1. The number of nitrogens with zero attached hydrogens (tertiary/aromatic N) is 3. The fourth-order valence-corrected chi connectivity index (χ4v) is 1.06. The van der Waals surface area contributed by atoms with Crippen LogP contribution in [0.4, 0.5) is 11.6 Å². The smallest absolute Gasteiger partial charge is 0.172 e. The summed E-state index contributed by atoms with van der Waals surface area (Å²) in [6.45, 7) is 1.75. The van der Waals surface area contributed by atoms with E-state index in [1.165, 1.54) is 0 Å². The standard InChI is InChI=1S/C6H8N6/c1-2-9-3-4(5(7)10-2)11-12-6(3)8/h1H3,(H2,7,9,10)(H3,8,11,12). The Bertz CT molecular complexity index is 431. The van der Waals surface area contributed by atoms with E-state index in [0.717, 1.165) is 0 Å². The second kappa shape index (κ2) is 2.07. The molecule has 2 heterocycles. The van der Waals surface area contributed by atoms with Gasteiger partial charge < -0.3 is 11.5 Å². The molecule has 0 atom stereocenters. The van der Waals surface area contributed by atoms with Gasteiger partial charge in [0.1, 0.15) is 16.9 Å². The highest BCUT2D eigenvalue weighted by molar-refractivity contribution is 5.91. The van der Waals surface area contributed by atoms with E-state index in [9.17, 15) is 0 Å². The summed E-state index contributed by atoms with van der Waals surface area (Å²) in [5.74, 6) is 1.32. The lowest BCUT2D eigenvalue weighted by atomic mass is 10.4. The Balaban J connectivity index is 2.92. The van der Waals surface area contributed by atoms with Crippen LogP contribution in [0.25, 0.3) is 11.0 Å². The summed E-state index contributed by atoms with van der Waals surface area (Å²) in [5.41, 5.74) is 12.3. The van der Waals surface area contributed by atoms with Crippen LogP contribution in [0.5, 0.6) is 0 Å². The molecule has 2 aromatic heterocycles. The number of nitrogens with two attached hydrogens (primary N) is 2. The van der Waals surface area contributed by atoms with Crippen molar-refractivity contribution in [2.75, 3.05) is 11.5 Å². The average molecular weight is 164 g/mol. The molecule has 0 amide bonds. The number of aryl methyl sites for hydroxylation is 1. The van der Waals surface area contributed by atoms with Gasteiger partial charge in [-0.15, -0.1) is 0 Å². The fraction of sp³-hybridized carbons (Fsp3) is 0.167. The van der Waals surface area contributed by atoms with E-state index in [0.29, 0.717) is 28.5 Å². The molecule has 6 nitrogen and oxygen atoms in total. The highest BCUT2D eigenvalue weighted by atomic mass is 15.2. The Morgan fingerprint density at radius 3 is 2.67 bits per heavy atom. The Kier molecular flexibility index (Phi) is 1.18. The summed E-state index contributed by atoms with van der Waals surface area (Å²) in [6.07, 6.45) is 0. The molecule has 12 heavy (non-hydrogen) atoms. The minimum absolute atomic E-state index is 0.349. The van der Waals surface area contributed by atoms with Crippen molar-refractivity contribution >= 4 is 22.7 Å². The van der Waals surface area contributed by atoms with E-state index in [-0.39, 0.29) is 0 Å². The number of fused-ring (bicyclic) bond motifs is 1. The van der Waals surface area contributed by atoms with Crippen LogP contribution in [-0.2, 0) is 0 Å². The number of rotatable bonds is 0. The van der Waals surface area contributed by atoms with Gasteiger partial charge in [-0.2, -0.15) is 5.10 Å². The van der Waals surface area contributed by atoms with Crippen molar-refractivity contribution in [1.29, 1.82) is 0 Å². The van der Waals surface area contributed by atoms with Gasteiger partial charge in [0.15, 0.2) is 11.6 Å². The van der Waals surface area contributed by atoms with E-state index < -0.39 is 0 Å². The van der Waals surface area contributed by atoms with E-state index in [4.69, 9.17) is 11.5 Å². The maximum atomic E-state index is 5.59. The quantitative estimate of drug-likeness (QED) is 0.501. The molecular formula is C6H8N6. The minimum atomic E-state index is 0.349. The van der Waals surface area contributed by atoms with Gasteiger partial charge in [-0.25, -0.2) is 9.97 Å². The van der Waals surface area contributed by atoms with Crippen molar-refractivity contribution in [2.24, 2.45) is 0 Å². The van der Waals surface area contributed by atoms with Gasteiger partial charge in [-0.1, -0.05) is 0 Å². The van der Waals surface area contributed by atoms with E-state index in [2.05, 4.69) is 20.2 Å². The van der Waals surface area contributed by atoms with Gasteiger partial charge in [0.2, 0.25) is 0 Å². The molecule has 0 saturated heterocycles. The molecule has 0 aromatic carbocycles. The van der Waals surface area contributed by atoms with Crippen molar-refractivity contribution in [3.63, 3.8) is 0 Å². The van der Waals surface area contributed by atoms with E-state index in [1.54, 1.807) is 6.92 Å². The van der Waals surface area contributed by atoms with Crippen molar-refractivity contribution in [3.05, 3.63) is 5.82 Å². The molecule has 0 fully saturated rings. The molecule has 5 N–H and O–H groups in total. The molecular weight excluding hydrogens is 156 g/mol. The third kappa shape index (κ3) is 0.777. The van der Waals surface area contributed by atoms with Crippen LogP contribution in [0.2, 0.25) is 0 Å². The number of hydrogen-bond donors (Lipinski definition) is 3. The molecule has 0 saturated carbocycles. The lowest BCUT2D eigenvalue weighted by Crippen LogP contribution is -1.97. The Morgan fingerprint density at radius 1 is 1.17 bits per heavy atom. The van der Waals surface area contributed by atoms with Gasteiger partial charge in [-0.05, 0) is 6.92 Å². The predicted octanol–water partition coefficient (Wildman–Crippen LogP) is -0.174. The molecule has 0 aliphatic carbocycles. The van der Waals surface area contributed by atoms with Crippen molar-refractivity contribution in [2.45, 2.75) is 6.92 Å². The first kappa shape index (κ1) is 6.84. The van der Waals surface area contributed by atoms with Crippen molar-refractivity contribution in [1.82, 2.24) is 20.2 Å². The predicted molar refractivity (Wildman–Crippen MR) is 45.2 cm³/mol. The van der Waals surface area contributed by atoms with Gasteiger partial charge in [0.05, 0.1) is 0 Å². The lowest BCUT2D eigenvalue weighted by Gasteiger charge is -1.95. The van der Waals surface area contributed by atoms with Crippen LogP contribution < -0.4 is 11.5 Å². The molecule has 0 aliphatic heterocycles. The van der Waals surface area contributed by atoms with Crippen molar-refractivity contribution < 1.29 is 0 Å². The van der Waals surface area contributed by atoms with Crippen molar-refractivity contribution in [3.8, 4) is 0 Å². The maximum Gasteiger partial charge on any atom is 0.172 e. The average Bonchev–Trinajstić information content (AvgIpc) is 2.33. The first-order valence-corrected chi connectivity index (χ1v) is 3.42. The highest BCUT2D eigenvalue weighted by Crippen LogP contribution is 2.18. The zero-order valence-electron chi connectivity index (χ0n) is 6.50. The second-order valence-electron chi connectivity index (χ2n) is 2.49. The van der Waals surface area contributed by atoms with Crippen LogP contribution >= 0.6 is 0 Å². The first-order chi connectivity index (χ1) is 5.68. The number of anilines is 2. The maximum absolute atomic E-state index is 5.59. The zero-order chi connectivity index (χ0) is 8.72. The monoisotopic (exact) mass is 164 g/mol. The summed E-state index contributed by atoms with van der Waals surface area (Å²) in [5, 5.41) is 6.43. The number of hydrogen-bond acceptors (Lipinski definition) is 5. The van der Waals surface area contributed by atoms with Crippen LogP contribution in [0.1, 0.15) is 5.82 Å². The largest absolute Gasteiger partial charge is 0.382 e. The molecule has 6 heteroatoms. The molecule has 62 valence electrons. The fourth-order valence-electron chi connectivity index (χ4n) is 1.06. The third-order valence-electron chi connectivity index (χ3n) is 1.58. The van der Waals surface area contributed by atoms with E-state index in [1.807, 2.05) is 0 Å². The molecule has 0 aliphatic rings. The summed E-state index contributed by atoms with van der Waals surface area (Å²) in [6, 6.07) is 0. The molecule has 0 bridgehead atoms. The Morgan fingerprint density at radius 2 is 1.92 bits per heavy atom. The van der Waals surface area contributed by atoms with Crippen LogP contribution in [0.3, 0.4) is 0 Å². The normalized spacial score (nSPS) is 10.8. The lowest BCUT2D eigenvalue weighted by molar-refractivity contribution is 1.09. The van der Waals surface area contributed by atoms with Gasteiger partial charge in [0, 0.05) is 0 Å². The molecule has 2 aromatic rings. The van der Waals surface area contributed by atoms with Crippen LogP contribution in [0.15, 0.2) is 0 Å². The van der Waals surface area contributed by atoms with Gasteiger partial charge in [0.25, 0.3) is 0 Å². The number of H-pyrrole nitrogens is 1. The number of nitrogen functional groups attached to an aromatic ring is 2. The van der Waals surface area contributed by atoms with Gasteiger partial charge in [-0.3, -0.25) is 5.10 Å². The Hall–Kier alpha value is -1.85. The Labute approximate surface area is 68.0 Å². The molecule has 0 radical (unpaired) electrons. The molecule has 0 spiro atoms. The van der Waals surface area contributed by atoms with E-state index >= 15 is 0 Å². The summed E-state index contributed by atoms with van der Waals surface area (Å²) < 4.78 is 0. The van der Waals surface area contributed by atoms with Gasteiger partial charge >= 0.3 is 0 Å². The highest BCUT2D eigenvalue weighted by Gasteiger charge is 2.07. The molecule has 2 rings (SSSR count). The minimum Gasteiger partial charge on any atom is -0.382 e.